The first kappa shape index (κ1) is 28.8. The molecule has 5 heteroatoms. The van der Waals surface area contributed by atoms with E-state index < -0.39 is 0 Å². The van der Waals surface area contributed by atoms with E-state index in [1.54, 1.807) is 0 Å². The Morgan fingerprint density at radius 3 is 1.74 bits per heavy atom. The maximum atomic E-state index is 10.5. The highest BCUT2D eigenvalue weighted by atomic mass is 15.0. The van der Waals surface area contributed by atoms with Crippen molar-refractivity contribution >= 4 is 43.6 Å². The third-order valence-corrected chi connectivity index (χ3v) is 9.65. The van der Waals surface area contributed by atoms with Crippen molar-refractivity contribution in [2.75, 3.05) is 0 Å². The molecule has 2 aromatic heterocycles. The molecule has 0 saturated carbocycles. The summed E-state index contributed by atoms with van der Waals surface area (Å²) in [6.45, 7) is 0. The van der Waals surface area contributed by atoms with Crippen molar-refractivity contribution in [3.05, 3.63) is 168 Å². The molecule has 230 valence electrons. The van der Waals surface area contributed by atoms with Gasteiger partial charge in [0.1, 0.15) is 6.07 Å². The molecule has 2 heterocycles. The quantitative estimate of drug-likeness (QED) is 0.193. The van der Waals surface area contributed by atoms with Gasteiger partial charge in [-0.3, -0.25) is 0 Å². The second-order valence-corrected chi connectivity index (χ2v) is 12.3. The minimum absolute atomic E-state index is 0.562. The Morgan fingerprint density at radius 2 is 1.02 bits per heavy atom. The van der Waals surface area contributed by atoms with Gasteiger partial charge >= 0.3 is 0 Å². The summed E-state index contributed by atoms with van der Waals surface area (Å²) in [4.78, 5) is 0. The first-order chi connectivity index (χ1) is 24.7. The maximum Gasteiger partial charge on any atom is 0.101 e. The number of hydrogen-bond donors (Lipinski definition) is 0. The van der Waals surface area contributed by atoms with Crippen LogP contribution < -0.4 is 0 Å². The molecule has 7 aromatic carbocycles. The lowest BCUT2D eigenvalue weighted by molar-refractivity contribution is 1.17. The fourth-order valence-electron chi connectivity index (χ4n) is 7.53. The van der Waals surface area contributed by atoms with Crippen LogP contribution >= 0.6 is 0 Å². The predicted octanol–water partition coefficient (Wildman–Crippen LogP) is 10.8. The van der Waals surface area contributed by atoms with E-state index in [-0.39, 0.29) is 0 Å². The third-order valence-electron chi connectivity index (χ3n) is 9.65. The van der Waals surface area contributed by atoms with Gasteiger partial charge < -0.3 is 9.13 Å². The summed E-state index contributed by atoms with van der Waals surface area (Å²) in [5, 5.41) is 34.4. The van der Waals surface area contributed by atoms with Crippen molar-refractivity contribution in [2.24, 2.45) is 0 Å². The summed E-state index contributed by atoms with van der Waals surface area (Å²) in [5.74, 6) is 0. The van der Waals surface area contributed by atoms with Crippen LogP contribution in [0.5, 0.6) is 0 Å². The van der Waals surface area contributed by atoms with Crippen molar-refractivity contribution < 1.29 is 0 Å². The normalized spacial score (nSPS) is 11.1. The van der Waals surface area contributed by atoms with Gasteiger partial charge in [0.05, 0.1) is 56.6 Å². The molecule has 5 nitrogen and oxygen atoms in total. The number of benzene rings is 7. The Balaban J connectivity index is 1.25. The Kier molecular flexibility index (Phi) is 6.56. The van der Waals surface area contributed by atoms with Gasteiger partial charge in [-0.1, -0.05) is 91.0 Å². The zero-order chi connectivity index (χ0) is 33.8. The van der Waals surface area contributed by atoms with Gasteiger partial charge in [0, 0.05) is 38.4 Å². The third kappa shape index (κ3) is 4.24. The zero-order valence-electron chi connectivity index (χ0n) is 26.7. The van der Waals surface area contributed by atoms with Crippen LogP contribution in [-0.4, -0.2) is 9.13 Å². The van der Waals surface area contributed by atoms with Crippen LogP contribution in [0, 0.1) is 34.0 Å². The second-order valence-electron chi connectivity index (χ2n) is 12.3. The van der Waals surface area contributed by atoms with Crippen LogP contribution in [0.25, 0.3) is 77.2 Å². The van der Waals surface area contributed by atoms with Gasteiger partial charge in [-0.15, -0.1) is 0 Å². The molecule has 0 unspecified atom stereocenters. The highest BCUT2D eigenvalue weighted by Crippen LogP contribution is 2.42. The average molecular weight is 636 g/mol. The lowest BCUT2D eigenvalue weighted by Crippen LogP contribution is -2.00. The second kappa shape index (κ2) is 11.4. The van der Waals surface area contributed by atoms with Gasteiger partial charge in [-0.05, 0) is 71.8 Å². The highest BCUT2D eigenvalue weighted by molar-refractivity contribution is 6.12. The van der Waals surface area contributed by atoms with E-state index in [9.17, 15) is 15.8 Å². The number of para-hydroxylation sites is 4. The first-order valence-corrected chi connectivity index (χ1v) is 16.3. The highest BCUT2D eigenvalue weighted by Gasteiger charge is 2.21. The molecule has 0 amide bonds. The lowest BCUT2D eigenvalue weighted by Gasteiger charge is -2.18. The minimum Gasteiger partial charge on any atom is -0.309 e. The smallest absolute Gasteiger partial charge is 0.101 e. The van der Waals surface area contributed by atoms with E-state index in [1.807, 2.05) is 60.7 Å². The van der Waals surface area contributed by atoms with Crippen molar-refractivity contribution in [1.29, 1.82) is 15.8 Å². The van der Waals surface area contributed by atoms with Crippen molar-refractivity contribution in [1.82, 2.24) is 9.13 Å². The zero-order valence-corrected chi connectivity index (χ0v) is 26.7. The Morgan fingerprint density at radius 1 is 0.420 bits per heavy atom. The van der Waals surface area contributed by atoms with Crippen LogP contribution in [0.2, 0.25) is 0 Å². The SMILES string of the molecule is N#Cc1ccc2c(c1)c1cccc(C#N)c1n2-c1ccc(-c2cccc(C#N)c2-c2ccccc2-n2c3ccccc3c3ccccc32)cc1. The topological polar surface area (TPSA) is 81.2 Å². The van der Waals surface area contributed by atoms with Gasteiger partial charge in [0.15, 0.2) is 0 Å². The average Bonchev–Trinajstić information content (AvgIpc) is 3.70. The molecule has 50 heavy (non-hydrogen) atoms. The molecule has 0 aliphatic heterocycles. The molecule has 0 N–H and O–H groups in total. The summed E-state index contributed by atoms with van der Waals surface area (Å²) in [6, 6.07) is 57.8. The standard InChI is InChI=1S/C45H25N5/c46-26-29-19-24-43-39(25-29)37-15-8-10-32(28-48)45(37)49(43)33-22-20-30(21-23-33)34-14-7-9-31(27-47)44(34)38-13-3-6-18-42(38)50-40-16-4-1-11-35(40)36-12-2-5-17-41(36)50/h1-25H. The Bertz CT molecular complexity index is 2900. The number of fused-ring (bicyclic) bond motifs is 6. The van der Waals surface area contributed by atoms with Gasteiger partial charge in [0.2, 0.25) is 0 Å². The molecule has 0 atom stereocenters. The summed E-state index contributed by atoms with van der Waals surface area (Å²) in [6.07, 6.45) is 0. The van der Waals surface area contributed by atoms with E-state index in [0.29, 0.717) is 16.7 Å². The van der Waals surface area contributed by atoms with Crippen molar-refractivity contribution in [2.45, 2.75) is 0 Å². The minimum atomic E-state index is 0.562. The Labute approximate surface area is 287 Å². The maximum absolute atomic E-state index is 10.5. The van der Waals surface area contributed by atoms with Crippen LogP contribution in [0.3, 0.4) is 0 Å². The van der Waals surface area contributed by atoms with Crippen molar-refractivity contribution in [3.8, 4) is 51.8 Å². The largest absolute Gasteiger partial charge is 0.309 e. The molecule has 0 aliphatic carbocycles. The summed E-state index contributed by atoms with van der Waals surface area (Å²) in [5.41, 5.74) is 11.3. The number of hydrogen-bond acceptors (Lipinski definition) is 3. The van der Waals surface area contributed by atoms with E-state index in [4.69, 9.17) is 0 Å². The molecular weight excluding hydrogens is 611 g/mol. The summed E-state index contributed by atoms with van der Waals surface area (Å²) >= 11 is 0. The molecule has 0 spiro atoms. The predicted molar refractivity (Wildman–Crippen MR) is 200 cm³/mol. The molecule has 9 rings (SSSR count). The van der Waals surface area contributed by atoms with Gasteiger partial charge in [-0.2, -0.15) is 15.8 Å². The monoisotopic (exact) mass is 635 g/mol. The first-order valence-electron chi connectivity index (χ1n) is 16.3. The number of rotatable bonds is 4. The van der Waals surface area contributed by atoms with Crippen molar-refractivity contribution in [3.63, 3.8) is 0 Å². The fourth-order valence-corrected chi connectivity index (χ4v) is 7.53. The van der Waals surface area contributed by atoms with Crippen LogP contribution in [0.1, 0.15) is 16.7 Å². The number of aromatic nitrogens is 2. The van der Waals surface area contributed by atoms with Crippen LogP contribution in [0.4, 0.5) is 0 Å². The summed E-state index contributed by atoms with van der Waals surface area (Å²) < 4.78 is 4.39. The van der Waals surface area contributed by atoms with E-state index in [1.165, 1.54) is 10.8 Å². The Hall–Kier alpha value is -7.39. The molecule has 9 aromatic rings. The van der Waals surface area contributed by atoms with Crippen LogP contribution in [0.15, 0.2) is 152 Å². The lowest BCUT2D eigenvalue weighted by atomic mass is 9.89. The van der Waals surface area contributed by atoms with Crippen LogP contribution in [-0.2, 0) is 0 Å². The molecule has 0 bridgehead atoms. The molecule has 0 aliphatic rings. The number of nitriles is 3. The van der Waals surface area contributed by atoms with E-state index >= 15 is 0 Å². The van der Waals surface area contributed by atoms with E-state index in [2.05, 4.69) is 118 Å². The molecule has 0 fully saturated rings. The summed E-state index contributed by atoms with van der Waals surface area (Å²) in [7, 11) is 0. The molecule has 0 saturated heterocycles. The molecular formula is C45H25N5. The molecule has 0 radical (unpaired) electrons. The van der Waals surface area contributed by atoms with Gasteiger partial charge in [0.25, 0.3) is 0 Å². The number of nitrogens with zero attached hydrogens (tertiary/aromatic N) is 5. The van der Waals surface area contributed by atoms with E-state index in [0.717, 1.165) is 66.5 Å². The van der Waals surface area contributed by atoms with Gasteiger partial charge in [-0.25, -0.2) is 0 Å². The fraction of sp³-hybridized carbons (Fsp3) is 0.